The Labute approximate surface area is 93.7 Å². The summed E-state index contributed by atoms with van der Waals surface area (Å²) in [6.07, 6.45) is 4.19. The van der Waals surface area contributed by atoms with Gasteiger partial charge < -0.3 is 9.63 Å². The lowest BCUT2D eigenvalue weighted by Gasteiger charge is -2.02. The molecule has 0 aromatic carbocycles. The molecule has 2 aromatic rings. The number of nitrogens with zero attached hydrogens (tertiary/aromatic N) is 3. The van der Waals surface area contributed by atoms with Crippen molar-refractivity contribution in [2.24, 2.45) is 0 Å². The van der Waals surface area contributed by atoms with Crippen LogP contribution in [0.25, 0.3) is 11.3 Å². The van der Waals surface area contributed by atoms with Gasteiger partial charge in [-0.3, -0.25) is 4.68 Å². The van der Waals surface area contributed by atoms with Crippen LogP contribution in [-0.4, -0.2) is 26.7 Å². The largest absolute Gasteiger partial charge is 0.396 e. The van der Waals surface area contributed by atoms with E-state index in [2.05, 4.69) is 24.1 Å². The molecular weight excluding hydrogens is 206 g/mol. The Kier molecular flexibility index (Phi) is 3.05. The van der Waals surface area contributed by atoms with E-state index in [0.29, 0.717) is 18.2 Å². The molecule has 0 saturated carbocycles. The van der Waals surface area contributed by atoms with Crippen LogP contribution >= 0.6 is 0 Å². The van der Waals surface area contributed by atoms with Gasteiger partial charge in [-0.25, -0.2) is 0 Å². The van der Waals surface area contributed by atoms with Crippen molar-refractivity contribution in [1.29, 1.82) is 0 Å². The van der Waals surface area contributed by atoms with Crippen LogP contribution in [0.3, 0.4) is 0 Å². The fourth-order valence-corrected chi connectivity index (χ4v) is 1.43. The molecule has 0 aliphatic carbocycles. The van der Waals surface area contributed by atoms with Crippen LogP contribution in [0.2, 0.25) is 0 Å². The molecule has 86 valence electrons. The number of aliphatic hydroxyl groups is 1. The summed E-state index contributed by atoms with van der Waals surface area (Å²) < 4.78 is 6.95. The summed E-state index contributed by atoms with van der Waals surface area (Å²) in [5.74, 6) is 0.690. The lowest BCUT2D eigenvalue weighted by molar-refractivity contribution is 0.277. The summed E-state index contributed by atoms with van der Waals surface area (Å²) in [5, 5.41) is 16.9. The third-order valence-corrected chi connectivity index (χ3v) is 2.34. The summed E-state index contributed by atoms with van der Waals surface area (Å²) in [5.41, 5.74) is 1.69. The Hall–Kier alpha value is -1.62. The quantitative estimate of drug-likeness (QED) is 0.852. The van der Waals surface area contributed by atoms with Crippen molar-refractivity contribution in [3.05, 3.63) is 24.2 Å². The molecule has 0 radical (unpaired) electrons. The first-order valence-corrected chi connectivity index (χ1v) is 5.31. The first-order chi connectivity index (χ1) is 7.70. The topological polar surface area (TPSA) is 64.1 Å². The van der Waals surface area contributed by atoms with Gasteiger partial charge in [0.15, 0.2) is 0 Å². The van der Waals surface area contributed by atoms with Crippen molar-refractivity contribution < 1.29 is 9.63 Å². The molecule has 0 saturated heterocycles. The highest BCUT2D eigenvalue weighted by Gasteiger charge is 2.09. The Morgan fingerprint density at radius 3 is 2.94 bits per heavy atom. The molecule has 2 heterocycles. The average molecular weight is 221 g/mol. The Bertz CT molecular complexity index is 459. The molecule has 0 atom stereocenters. The predicted octanol–water partition coefficient (Wildman–Crippen LogP) is 1.65. The van der Waals surface area contributed by atoms with E-state index < -0.39 is 0 Å². The smallest absolute Gasteiger partial charge is 0.139 e. The second-order valence-electron chi connectivity index (χ2n) is 3.95. The van der Waals surface area contributed by atoms with Crippen LogP contribution < -0.4 is 0 Å². The van der Waals surface area contributed by atoms with Gasteiger partial charge in [-0.2, -0.15) is 5.10 Å². The minimum Gasteiger partial charge on any atom is -0.396 e. The maximum atomic E-state index is 8.77. The zero-order chi connectivity index (χ0) is 11.5. The molecule has 16 heavy (non-hydrogen) atoms. The van der Waals surface area contributed by atoms with E-state index in [-0.39, 0.29) is 6.61 Å². The third kappa shape index (κ3) is 2.14. The summed E-state index contributed by atoms with van der Waals surface area (Å²) in [4.78, 5) is 0. The van der Waals surface area contributed by atoms with Gasteiger partial charge >= 0.3 is 0 Å². The SMILES string of the molecule is CC(C)n1cc(-c2cc(CCO)on2)cn1. The van der Waals surface area contributed by atoms with E-state index in [4.69, 9.17) is 9.63 Å². The summed E-state index contributed by atoms with van der Waals surface area (Å²) >= 11 is 0. The molecule has 2 rings (SSSR count). The maximum Gasteiger partial charge on any atom is 0.139 e. The van der Waals surface area contributed by atoms with Crippen molar-refractivity contribution in [2.45, 2.75) is 26.3 Å². The normalized spacial score (nSPS) is 11.2. The zero-order valence-corrected chi connectivity index (χ0v) is 9.42. The van der Waals surface area contributed by atoms with E-state index in [1.807, 2.05) is 16.9 Å². The molecular formula is C11H15N3O2. The fourth-order valence-electron chi connectivity index (χ4n) is 1.43. The van der Waals surface area contributed by atoms with E-state index >= 15 is 0 Å². The van der Waals surface area contributed by atoms with Gasteiger partial charge in [0.25, 0.3) is 0 Å². The lowest BCUT2D eigenvalue weighted by Crippen LogP contribution is -1.99. The second-order valence-corrected chi connectivity index (χ2v) is 3.95. The molecule has 0 aliphatic heterocycles. The van der Waals surface area contributed by atoms with Gasteiger partial charge in [-0.05, 0) is 13.8 Å². The van der Waals surface area contributed by atoms with Crippen molar-refractivity contribution >= 4 is 0 Å². The van der Waals surface area contributed by atoms with Crippen molar-refractivity contribution in [1.82, 2.24) is 14.9 Å². The molecule has 0 unspecified atom stereocenters. The standard InChI is InChI=1S/C11H15N3O2/c1-8(2)14-7-9(6-12-14)11-5-10(3-4-15)16-13-11/h5-8,15H,3-4H2,1-2H3. The van der Waals surface area contributed by atoms with E-state index in [1.165, 1.54) is 0 Å². The van der Waals surface area contributed by atoms with Gasteiger partial charge in [0.1, 0.15) is 11.5 Å². The Balaban J connectivity index is 2.21. The average Bonchev–Trinajstić information content (AvgIpc) is 2.84. The van der Waals surface area contributed by atoms with Crippen LogP contribution in [0.5, 0.6) is 0 Å². The molecule has 0 aliphatic rings. The van der Waals surface area contributed by atoms with E-state index in [0.717, 1.165) is 11.3 Å². The lowest BCUT2D eigenvalue weighted by atomic mass is 10.2. The monoisotopic (exact) mass is 221 g/mol. The first-order valence-electron chi connectivity index (χ1n) is 5.31. The van der Waals surface area contributed by atoms with Crippen LogP contribution in [0.1, 0.15) is 25.6 Å². The van der Waals surface area contributed by atoms with Gasteiger partial charge in [-0.15, -0.1) is 0 Å². The van der Waals surface area contributed by atoms with Crippen molar-refractivity contribution in [2.75, 3.05) is 6.61 Å². The zero-order valence-electron chi connectivity index (χ0n) is 9.42. The first kappa shape index (κ1) is 10.9. The van der Waals surface area contributed by atoms with Crippen LogP contribution in [0, 0.1) is 0 Å². The Morgan fingerprint density at radius 1 is 1.50 bits per heavy atom. The molecule has 1 N–H and O–H groups in total. The number of rotatable bonds is 4. The molecule has 0 amide bonds. The summed E-state index contributed by atoms with van der Waals surface area (Å²) in [7, 11) is 0. The van der Waals surface area contributed by atoms with Gasteiger partial charge in [-0.1, -0.05) is 5.16 Å². The second kappa shape index (κ2) is 4.49. The molecule has 2 aromatic heterocycles. The van der Waals surface area contributed by atoms with Crippen molar-refractivity contribution in [3.8, 4) is 11.3 Å². The molecule has 0 fully saturated rings. The van der Waals surface area contributed by atoms with Crippen LogP contribution in [0.4, 0.5) is 0 Å². The van der Waals surface area contributed by atoms with Crippen molar-refractivity contribution in [3.63, 3.8) is 0 Å². The van der Waals surface area contributed by atoms with E-state index in [1.54, 1.807) is 6.20 Å². The van der Waals surface area contributed by atoms with Gasteiger partial charge in [0, 0.05) is 30.3 Å². The third-order valence-electron chi connectivity index (χ3n) is 2.34. The van der Waals surface area contributed by atoms with E-state index in [9.17, 15) is 0 Å². The molecule has 0 bridgehead atoms. The maximum absolute atomic E-state index is 8.77. The molecule has 0 spiro atoms. The van der Waals surface area contributed by atoms with Crippen LogP contribution in [0.15, 0.2) is 23.0 Å². The minimum absolute atomic E-state index is 0.0693. The van der Waals surface area contributed by atoms with Crippen LogP contribution in [-0.2, 0) is 6.42 Å². The highest BCUT2D eigenvalue weighted by Crippen LogP contribution is 2.19. The fraction of sp³-hybridized carbons (Fsp3) is 0.455. The molecule has 5 nitrogen and oxygen atoms in total. The summed E-state index contributed by atoms with van der Waals surface area (Å²) in [6.45, 7) is 4.20. The molecule has 5 heteroatoms. The van der Waals surface area contributed by atoms with Gasteiger partial charge in [0.05, 0.1) is 12.8 Å². The number of aromatic nitrogens is 3. The highest BCUT2D eigenvalue weighted by molar-refractivity contribution is 5.56. The highest BCUT2D eigenvalue weighted by atomic mass is 16.5. The minimum atomic E-state index is 0.0693. The summed E-state index contributed by atoms with van der Waals surface area (Å²) in [6, 6.07) is 2.16. The number of hydrogen-bond donors (Lipinski definition) is 1. The predicted molar refractivity (Wildman–Crippen MR) is 58.9 cm³/mol. The van der Waals surface area contributed by atoms with Gasteiger partial charge in [0.2, 0.25) is 0 Å². The Morgan fingerprint density at radius 2 is 2.31 bits per heavy atom. The number of aliphatic hydroxyl groups excluding tert-OH is 1. The number of hydrogen-bond acceptors (Lipinski definition) is 4.